The summed E-state index contributed by atoms with van der Waals surface area (Å²) in [4.78, 5) is 0. The molecule has 1 aromatic carbocycles. The summed E-state index contributed by atoms with van der Waals surface area (Å²) in [6, 6.07) is 5.02. The Morgan fingerprint density at radius 2 is 1.89 bits per heavy atom. The summed E-state index contributed by atoms with van der Waals surface area (Å²) in [5, 5.41) is 0. The van der Waals surface area contributed by atoms with Crippen molar-refractivity contribution in [3.63, 3.8) is 0 Å². The van der Waals surface area contributed by atoms with Gasteiger partial charge in [-0.05, 0) is 67.2 Å². The largest absolute Gasteiger partial charge is 0.324 e. The first-order valence-electron chi connectivity index (χ1n) is 6.91. The van der Waals surface area contributed by atoms with Gasteiger partial charge in [0.1, 0.15) is 5.82 Å². The molecule has 0 amide bonds. The molecule has 0 spiro atoms. The number of hydrogen-bond donors (Lipinski definition) is 1. The van der Waals surface area contributed by atoms with Crippen molar-refractivity contribution in [3.05, 3.63) is 35.1 Å². The minimum atomic E-state index is -0.173. The molecule has 0 saturated heterocycles. The van der Waals surface area contributed by atoms with E-state index < -0.39 is 0 Å². The molecule has 1 fully saturated rings. The van der Waals surface area contributed by atoms with E-state index in [0.29, 0.717) is 11.3 Å². The van der Waals surface area contributed by atoms with Gasteiger partial charge in [0.25, 0.3) is 0 Å². The van der Waals surface area contributed by atoms with Crippen LogP contribution in [-0.4, -0.2) is 0 Å². The average molecular weight is 249 g/mol. The van der Waals surface area contributed by atoms with Crippen molar-refractivity contribution < 1.29 is 4.39 Å². The third-order valence-electron chi connectivity index (χ3n) is 4.48. The summed E-state index contributed by atoms with van der Waals surface area (Å²) in [7, 11) is 0. The van der Waals surface area contributed by atoms with Crippen molar-refractivity contribution in [3.8, 4) is 0 Å². The standard InChI is InChI=1S/C16H24FN/c1-11-10-13(17)4-5-14(11)15(18)12-6-8-16(2,3)9-7-12/h4-5,10,12,15H,6-9,18H2,1-3H3. The topological polar surface area (TPSA) is 26.0 Å². The average Bonchev–Trinajstić information content (AvgIpc) is 2.28. The van der Waals surface area contributed by atoms with Crippen LogP contribution in [0, 0.1) is 24.1 Å². The van der Waals surface area contributed by atoms with Crippen LogP contribution in [0.5, 0.6) is 0 Å². The zero-order valence-corrected chi connectivity index (χ0v) is 11.7. The van der Waals surface area contributed by atoms with E-state index in [-0.39, 0.29) is 11.9 Å². The van der Waals surface area contributed by atoms with Crippen molar-refractivity contribution in [2.24, 2.45) is 17.1 Å². The molecule has 1 aromatic rings. The van der Waals surface area contributed by atoms with Crippen LogP contribution in [0.4, 0.5) is 4.39 Å². The summed E-state index contributed by atoms with van der Waals surface area (Å²) in [5.41, 5.74) is 8.94. The normalized spacial score (nSPS) is 21.8. The second-order valence-corrected chi connectivity index (χ2v) is 6.53. The molecular formula is C16H24FN. The Balaban J connectivity index is 2.10. The molecule has 100 valence electrons. The molecule has 1 aliphatic rings. The lowest BCUT2D eigenvalue weighted by molar-refractivity contribution is 0.173. The summed E-state index contributed by atoms with van der Waals surface area (Å²) in [5.74, 6) is 0.371. The van der Waals surface area contributed by atoms with Crippen molar-refractivity contribution >= 4 is 0 Å². The second kappa shape index (κ2) is 5.00. The minimum Gasteiger partial charge on any atom is -0.324 e. The zero-order valence-electron chi connectivity index (χ0n) is 11.7. The Morgan fingerprint density at radius 1 is 1.28 bits per heavy atom. The van der Waals surface area contributed by atoms with Crippen LogP contribution >= 0.6 is 0 Å². The van der Waals surface area contributed by atoms with E-state index in [9.17, 15) is 4.39 Å². The van der Waals surface area contributed by atoms with Gasteiger partial charge in [-0.15, -0.1) is 0 Å². The fraction of sp³-hybridized carbons (Fsp3) is 0.625. The van der Waals surface area contributed by atoms with Gasteiger partial charge in [0, 0.05) is 6.04 Å². The van der Waals surface area contributed by atoms with Gasteiger partial charge >= 0.3 is 0 Å². The van der Waals surface area contributed by atoms with Crippen LogP contribution in [0.1, 0.15) is 56.7 Å². The Labute approximate surface area is 110 Å². The number of rotatable bonds is 2. The van der Waals surface area contributed by atoms with Crippen molar-refractivity contribution in [2.45, 2.75) is 52.5 Å². The summed E-state index contributed by atoms with van der Waals surface area (Å²) in [6.45, 7) is 6.61. The van der Waals surface area contributed by atoms with Gasteiger partial charge in [0.2, 0.25) is 0 Å². The predicted octanol–water partition coefficient (Wildman–Crippen LogP) is 4.35. The first-order chi connectivity index (χ1) is 8.39. The van der Waals surface area contributed by atoms with Crippen LogP contribution in [-0.2, 0) is 0 Å². The van der Waals surface area contributed by atoms with Crippen molar-refractivity contribution in [1.82, 2.24) is 0 Å². The van der Waals surface area contributed by atoms with E-state index in [1.807, 2.05) is 13.0 Å². The van der Waals surface area contributed by atoms with Crippen LogP contribution in [0.2, 0.25) is 0 Å². The molecule has 0 bridgehead atoms. The van der Waals surface area contributed by atoms with E-state index in [0.717, 1.165) is 11.1 Å². The van der Waals surface area contributed by atoms with E-state index in [2.05, 4.69) is 13.8 Å². The number of hydrogen-bond acceptors (Lipinski definition) is 1. The third-order valence-corrected chi connectivity index (χ3v) is 4.48. The van der Waals surface area contributed by atoms with Gasteiger partial charge in [0.05, 0.1) is 0 Å². The molecule has 1 aliphatic carbocycles. The molecule has 1 saturated carbocycles. The SMILES string of the molecule is Cc1cc(F)ccc1C(N)C1CCC(C)(C)CC1. The van der Waals surface area contributed by atoms with Gasteiger partial charge < -0.3 is 5.73 Å². The Hall–Kier alpha value is -0.890. The summed E-state index contributed by atoms with van der Waals surface area (Å²) >= 11 is 0. The highest BCUT2D eigenvalue weighted by molar-refractivity contribution is 5.29. The zero-order chi connectivity index (χ0) is 13.3. The van der Waals surface area contributed by atoms with Crippen LogP contribution in [0.25, 0.3) is 0 Å². The molecular weight excluding hydrogens is 225 g/mol. The lowest BCUT2D eigenvalue weighted by Gasteiger charge is -2.37. The minimum absolute atomic E-state index is 0.0571. The van der Waals surface area contributed by atoms with Crippen LogP contribution in [0.3, 0.4) is 0 Å². The van der Waals surface area contributed by atoms with E-state index in [4.69, 9.17) is 5.73 Å². The summed E-state index contributed by atoms with van der Waals surface area (Å²) < 4.78 is 13.1. The molecule has 1 unspecified atom stereocenters. The number of halogens is 1. The van der Waals surface area contributed by atoms with E-state index in [1.54, 1.807) is 6.07 Å². The highest BCUT2D eigenvalue weighted by Crippen LogP contribution is 2.42. The van der Waals surface area contributed by atoms with Crippen LogP contribution < -0.4 is 5.73 Å². The van der Waals surface area contributed by atoms with Gasteiger partial charge in [-0.2, -0.15) is 0 Å². The van der Waals surface area contributed by atoms with Crippen molar-refractivity contribution in [1.29, 1.82) is 0 Å². The molecule has 0 aliphatic heterocycles. The first kappa shape index (κ1) is 13.5. The lowest BCUT2D eigenvalue weighted by Crippen LogP contribution is -2.29. The van der Waals surface area contributed by atoms with Gasteiger partial charge in [-0.3, -0.25) is 0 Å². The smallest absolute Gasteiger partial charge is 0.123 e. The predicted molar refractivity (Wildman–Crippen MR) is 73.8 cm³/mol. The monoisotopic (exact) mass is 249 g/mol. The molecule has 1 atom stereocenters. The van der Waals surface area contributed by atoms with Gasteiger partial charge in [0.15, 0.2) is 0 Å². The number of benzene rings is 1. The lowest BCUT2D eigenvalue weighted by atomic mass is 9.70. The van der Waals surface area contributed by atoms with E-state index in [1.165, 1.54) is 31.7 Å². The molecule has 2 heteroatoms. The van der Waals surface area contributed by atoms with E-state index >= 15 is 0 Å². The Kier molecular flexibility index (Phi) is 3.76. The number of aryl methyl sites for hydroxylation is 1. The molecule has 2 rings (SSSR count). The quantitative estimate of drug-likeness (QED) is 0.828. The maximum atomic E-state index is 13.1. The molecule has 0 aromatic heterocycles. The fourth-order valence-electron chi connectivity index (χ4n) is 3.05. The molecule has 0 radical (unpaired) electrons. The third kappa shape index (κ3) is 2.92. The Morgan fingerprint density at radius 3 is 2.44 bits per heavy atom. The Bertz CT molecular complexity index is 415. The molecule has 1 nitrogen and oxygen atoms in total. The number of nitrogens with two attached hydrogens (primary N) is 1. The maximum Gasteiger partial charge on any atom is 0.123 e. The van der Waals surface area contributed by atoms with Crippen molar-refractivity contribution in [2.75, 3.05) is 0 Å². The second-order valence-electron chi connectivity index (χ2n) is 6.53. The summed E-state index contributed by atoms with van der Waals surface area (Å²) in [6.07, 6.45) is 4.85. The first-order valence-corrected chi connectivity index (χ1v) is 6.91. The molecule has 2 N–H and O–H groups in total. The fourth-order valence-corrected chi connectivity index (χ4v) is 3.05. The highest BCUT2D eigenvalue weighted by atomic mass is 19.1. The van der Waals surface area contributed by atoms with Gasteiger partial charge in [-0.1, -0.05) is 19.9 Å². The molecule has 18 heavy (non-hydrogen) atoms. The highest BCUT2D eigenvalue weighted by Gasteiger charge is 2.30. The molecule has 0 heterocycles. The maximum absolute atomic E-state index is 13.1. The van der Waals surface area contributed by atoms with Gasteiger partial charge in [-0.25, -0.2) is 4.39 Å². The van der Waals surface area contributed by atoms with Crippen LogP contribution in [0.15, 0.2) is 18.2 Å².